The Kier molecular flexibility index (Phi) is 7.35. The number of allylic oxidation sites excluding steroid dienone is 2. The Labute approximate surface area is 218 Å². The predicted octanol–water partition coefficient (Wildman–Crippen LogP) is 4.78. The smallest absolute Gasteiger partial charge is 0.354 e. The van der Waals surface area contributed by atoms with Crippen LogP contribution in [-0.2, 0) is 41.5 Å². The molecular weight excluding hydrogens is 643 g/mol. The molecule has 6 nitrogen and oxygen atoms in total. The monoisotopic (exact) mass is 668 g/mol. The normalized spacial score (nSPS) is 14.4. The summed E-state index contributed by atoms with van der Waals surface area (Å²) in [5, 5.41) is 14.7. The maximum absolute atomic E-state index is 12.2. The zero-order valence-electron chi connectivity index (χ0n) is 20.0. The largest absolute Gasteiger partial charge is 0.512 e. The summed E-state index contributed by atoms with van der Waals surface area (Å²) in [6, 6.07) is 19.6. The Bertz CT molecular complexity index is 1750. The van der Waals surface area contributed by atoms with E-state index in [0.29, 0.717) is 16.1 Å². The molecule has 0 saturated heterocycles. The molecule has 1 aliphatic heterocycles. The SMILES string of the molecule is CC(=O)/C=C(/C)O.CC(C)(C)c1[c-]c2c3c(c4c5ccccc5ccc4c2cc1)=NS(=O)(=O)N=3.[Pt]. The van der Waals surface area contributed by atoms with Crippen LogP contribution in [0.2, 0.25) is 0 Å². The van der Waals surface area contributed by atoms with E-state index in [1.54, 1.807) is 0 Å². The molecule has 0 unspecified atom stereocenters. The summed E-state index contributed by atoms with van der Waals surface area (Å²) < 4.78 is 32.4. The van der Waals surface area contributed by atoms with Crippen LogP contribution in [0.4, 0.5) is 0 Å². The zero-order chi connectivity index (χ0) is 24.8. The minimum absolute atomic E-state index is 0. The molecule has 4 aromatic carbocycles. The van der Waals surface area contributed by atoms with Crippen LogP contribution in [0.25, 0.3) is 32.3 Å². The van der Waals surface area contributed by atoms with Gasteiger partial charge in [0.15, 0.2) is 5.78 Å². The number of rotatable bonds is 1. The topological polar surface area (TPSA) is 96.2 Å². The van der Waals surface area contributed by atoms with E-state index in [1.807, 2.05) is 36.4 Å². The summed E-state index contributed by atoms with van der Waals surface area (Å²) in [6.45, 7) is 9.17. The first-order valence-electron chi connectivity index (χ1n) is 10.8. The van der Waals surface area contributed by atoms with Gasteiger partial charge in [-0.1, -0.05) is 67.9 Å². The van der Waals surface area contributed by atoms with Gasteiger partial charge in [0.2, 0.25) is 0 Å². The molecule has 1 N–H and O–H groups in total. The second-order valence-corrected chi connectivity index (χ2v) is 10.6. The molecule has 0 spiro atoms. The third-order valence-corrected chi connectivity index (χ3v) is 6.32. The third-order valence-electron chi connectivity index (χ3n) is 5.50. The molecule has 1 heterocycles. The van der Waals surface area contributed by atoms with Gasteiger partial charge in [-0.25, -0.2) is 0 Å². The van der Waals surface area contributed by atoms with Crippen molar-refractivity contribution in [3.8, 4) is 0 Å². The first kappa shape index (κ1) is 26.7. The van der Waals surface area contributed by atoms with E-state index in [1.165, 1.54) is 19.9 Å². The van der Waals surface area contributed by atoms with Crippen molar-refractivity contribution in [2.75, 3.05) is 0 Å². The number of hydrogen-bond donors (Lipinski definition) is 1. The Balaban J connectivity index is 0.000000378. The summed E-state index contributed by atoms with van der Waals surface area (Å²) in [4.78, 5) is 10.0. The number of carbonyl (C=O) groups excluding carboxylic acids is 1. The molecule has 35 heavy (non-hydrogen) atoms. The number of aliphatic hydroxyl groups is 1. The summed E-state index contributed by atoms with van der Waals surface area (Å²) in [7, 11) is -3.88. The maximum Gasteiger partial charge on any atom is 0.354 e. The Morgan fingerprint density at radius 1 is 0.914 bits per heavy atom. The van der Waals surface area contributed by atoms with Gasteiger partial charge in [-0.15, -0.1) is 29.1 Å². The molecular formula is C27H25N2O4PtS-. The molecule has 0 aromatic heterocycles. The molecule has 0 bridgehead atoms. The van der Waals surface area contributed by atoms with Crippen molar-refractivity contribution < 1.29 is 39.4 Å². The van der Waals surface area contributed by atoms with E-state index in [0.717, 1.165) is 32.5 Å². The second kappa shape index (κ2) is 9.63. The molecule has 0 atom stereocenters. The fraction of sp³-hybridized carbons (Fsp3) is 0.222. The molecule has 0 fully saturated rings. The van der Waals surface area contributed by atoms with Crippen LogP contribution in [0.1, 0.15) is 40.2 Å². The fourth-order valence-electron chi connectivity index (χ4n) is 4.05. The summed E-state index contributed by atoms with van der Waals surface area (Å²) in [5.74, 6) is -0.0625. The van der Waals surface area contributed by atoms with Crippen molar-refractivity contribution in [3.05, 3.63) is 82.7 Å². The van der Waals surface area contributed by atoms with Crippen LogP contribution in [-0.4, -0.2) is 19.3 Å². The van der Waals surface area contributed by atoms with Gasteiger partial charge in [0.25, 0.3) is 0 Å². The average Bonchev–Trinajstić information content (AvgIpc) is 3.07. The van der Waals surface area contributed by atoms with Gasteiger partial charge in [0, 0.05) is 37.9 Å². The van der Waals surface area contributed by atoms with Gasteiger partial charge in [-0.05, 0) is 30.0 Å². The average molecular weight is 669 g/mol. The molecule has 8 heteroatoms. The summed E-state index contributed by atoms with van der Waals surface area (Å²) in [5.41, 5.74) is 0.908. The molecule has 184 valence electrons. The number of hydrogen-bond acceptors (Lipinski definition) is 4. The van der Waals surface area contributed by atoms with Crippen molar-refractivity contribution in [1.82, 2.24) is 0 Å². The van der Waals surface area contributed by atoms with Gasteiger partial charge in [0.05, 0.1) is 11.1 Å². The number of carbonyl (C=O) groups is 1. The summed E-state index contributed by atoms with van der Waals surface area (Å²) >= 11 is 0. The molecule has 4 aromatic rings. The Morgan fingerprint density at radius 2 is 1.54 bits per heavy atom. The van der Waals surface area contributed by atoms with Gasteiger partial charge >= 0.3 is 10.2 Å². The van der Waals surface area contributed by atoms with E-state index in [4.69, 9.17) is 5.11 Å². The molecule has 0 radical (unpaired) electrons. The van der Waals surface area contributed by atoms with E-state index >= 15 is 0 Å². The van der Waals surface area contributed by atoms with E-state index in [9.17, 15) is 13.2 Å². The van der Waals surface area contributed by atoms with Crippen LogP contribution in [0.15, 0.2) is 69.2 Å². The minimum Gasteiger partial charge on any atom is -0.512 e. The standard InChI is InChI=1S/C22H17N2O2S.C5H8O2.Pt/c1-22(2,3)14-9-11-16-17-10-8-13-6-4-5-7-15(13)19(17)21-20(18(16)12-14)23-27(25,26)24-21;1-4(6)3-5(2)7;/h4-11H,1-3H3;3,6H,1-2H3;/q-1;;/b;4-3-;. The Morgan fingerprint density at radius 3 is 2.14 bits per heavy atom. The van der Waals surface area contributed by atoms with Crippen molar-refractivity contribution in [1.29, 1.82) is 0 Å². The van der Waals surface area contributed by atoms with E-state index < -0.39 is 10.2 Å². The molecule has 0 amide bonds. The van der Waals surface area contributed by atoms with Gasteiger partial charge in [-0.3, -0.25) is 4.79 Å². The van der Waals surface area contributed by atoms with Crippen molar-refractivity contribution in [2.24, 2.45) is 8.80 Å². The van der Waals surface area contributed by atoms with Crippen LogP contribution in [0.3, 0.4) is 0 Å². The second-order valence-electron chi connectivity index (χ2n) is 9.34. The Hall–Kier alpha value is -2.89. The predicted molar refractivity (Wildman–Crippen MR) is 135 cm³/mol. The van der Waals surface area contributed by atoms with E-state index in [-0.39, 0.29) is 38.0 Å². The third kappa shape index (κ3) is 5.36. The minimum atomic E-state index is -3.88. The van der Waals surface area contributed by atoms with Gasteiger partial charge in [0.1, 0.15) is 0 Å². The first-order valence-corrected chi connectivity index (χ1v) is 12.2. The van der Waals surface area contributed by atoms with Gasteiger partial charge in [-0.2, -0.15) is 17.2 Å². The molecule has 5 rings (SSSR count). The molecule has 0 saturated carbocycles. The number of fused-ring (bicyclic) bond motifs is 8. The fourth-order valence-corrected chi connectivity index (χ4v) is 4.91. The maximum atomic E-state index is 12.2. The molecule has 1 aliphatic rings. The van der Waals surface area contributed by atoms with Gasteiger partial charge < -0.3 is 5.11 Å². The zero-order valence-corrected chi connectivity index (χ0v) is 23.1. The molecule has 0 aliphatic carbocycles. The number of ketones is 1. The van der Waals surface area contributed by atoms with Crippen molar-refractivity contribution >= 4 is 48.3 Å². The summed E-state index contributed by atoms with van der Waals surface area (Å²) in [6.07, 6.45) is 1.17. The number of aliphatic hydroxyl groups excluding tert-OH is 1. The quantitative estimate of drug-likeness (QED) is 0.137. The van der Waals surface area contributed by atoms with E-state index in [2.05, 4.69) is 47.8 Å². The number of nitrogens with zero attached hydrogens (tertiary/aromatic N) is 2. The van der Waals surface area contributed by atoms with Crippen LogP contribution < -0.4 is 10.7 Å². The van der Waals surface area contributed by atoms with Crippen molar-refractivity contribution in [2.45, 2.75) is 40.0 Å². The van der Waals surface area contributed by atoms with Crippen LogP contribution in [0, 0.1) is 6.07 Å². The van der Waals surface area contributed by atoms with Crippen molar-refractivity contribution in [3.63, 3.8) is 0 Å². The van der Waals surface area contributed by atoms with Crippen LogP contribution in [0.5, 0.6) is 0 Å². The first-order chi connectivity index (χ1) is 15.9. The van der Waals surface area contributed by atoms with Crippen LogP contribution >= 0.6 is 0 Å². The number of benzene rings is 4.